The van der Waals surface area contributed by atoms with Crippen LogP contribution in [-0.2, 0) is 0 Å². The van der Waals surface area contributed by atoms with Crippen LogP contribution in [0.25, 0.3) is 0 Å². The van der Waals surface area contributed by atoms with Crippen molar-refractivity contribution in [3.05, 3.63) is 59.9 Å². The summed E-state index contributed by atoms with van der Waals surface area (Å²) in [6.45, 7) is 2.06. The van der Waals surface area contributed by atoms with E-state index in [9.17, 15) is 0 Å². The zero-order valence-corrected chi connectivity index (χ0v) is 10.3. The first-order valence-corrected chi connectivity index (χ1v) is 5.10. The molecule has 88 valence electrons. The average molecular weight is 248 g/mol. The highest BCUT2D eigenvalue weighted by Crippen LogP contribution is 2.08. The monoisotopic (exact) mass is 247 g/mol. The minimum absolute atomic E-state index is 0. The molecule has 0 aliphatic rings. The highest BCUT2D eigenvalue weighted by atomic mass is 35.5. The van der Waals surface area contributed by atoms with E-state index in [1.807, 2.05) is 36.4 Å². The molecule has 4 heteroatoms. The van der Waals surface area contributed by atoms with Gasteiger partial charge in [0, 0.05) is 18.0 Å². The maximum absolute atomic E-state index is 4.13. The number of nitrogens with zero attached hydrogens (tertiary/aromatic N) is 2. The van der Waals surface area contributed by atoms with Crippen LogP contribution in [0.15, 0.2) is 53.9 Å². The van der Waals surface area contributed by atoms with E-state index >= 15 is 0 Å². The molecule has 2 rings (SSSR count). The molecule has 0 spiro atoms. The predicted octanol–water partition coefficient (Wildman–Crippen LogP) is 3.26. The molecule has 0 radical (unpaired) electrons. The molecule has 17 heavy (non-hydrogen) atoms. The Kier molecular flexibility index (Phi) is 5.17. The lowest BCUT2D eigenvalue weighted by molar-refractivity contribution is 1.30. The third-order valence-electron chi connectivity index (χ3n) is 2.14. The van der Waals surface area contributed by atoms with Gasteiger partial charge in [0.1, 0.15) is 0 Å². The average Bonchev–Trinajstić information content (AvgIpc) is 2.33. The molecule has 1 heterocycles. The van der Waals surface area contributed by atoms with E-state index < -0.39 is 0 Å². The number of rotatable bonds is 3. The number of hydrazone groups is 1. The van der Waals surface area contributed by atoms with Gasteiger partial charge in [0.25, 0.3) is 0 Å². The molecule has 2 aromatic rings. The zero-order chi connectivity index (χ0) is 11.2. The van der Waals surface area contributed by atoms with Crippen molar-refractivity contribution in [2.24, 2.45) is 5.10 Å². The van der Waals surface area contributed by atoms with Crippen molar-refractivity contribution < 1.29 is 0 Å². The van der Waals surface area contributed by atoms with Crippen molar-refractivity contribution in [1.29, 1.82) is 0 Å². The molecule has 1 N–H and O–H groups in total. The maximum atomic E-state index is 4.13. The smallest absolute Gasteiger partial charge is 0.0561 e. The Bertz CT molecular complexity index is 466. The number of pyridine rings is 1. The third-order valence-corrected chi connectivity index (χ3v) is 2.14. The van der Waals surface area contributed by atoms with E-state index in [4.69, 9.17) is 0 Å². The number of anilines is 1. The minimum Gasteiger partial charge on any atom is -0.279 e. The van der Waals surface area contributed by atoms with Crippen LogP contribution in [0, 0.1) is 6.92 Å². The lowest BCUT2D eigenvalue weighted by Gasteiger charge is -1.99. The Morgan fingerprint density at radius 2 is 1.94 bits per heavy atom. The van der Waals surface area contributed by atoms with E-state index in [1.54, 1.807) is 18.6 Å². The highest BCUT2D eigenvalue weighted by Gasteiger charge is 1.88. The van der Waals surface area contributed by atoms with Crippen molar-refractivity contribution in [3.63, 3.8) is 0 Å². The third kappa shape index (κ3) is 4.25. The van der Waals surface area contributed by atoms with Crippen molar-refractivity contribution in [1.82, 2.24) is 4.98 Å². The molecule has 0 atom stereocenters. The Morgan fingerprint density at radius 3 is 2.59 bits per heavy atom. The molecular formula is C13H14ClN3. The molecule has 1 aromatic carbocycles. The summed E-state index contributed by atoms with van der Waals surface area (Å²) in [7, 11) is 0. The van der Waals surface area contributed by atoms with Gasteiger partial charge in [-0.25, -0.2) is 0 Å². The zero-order valence-electron chi connectivity index (χ0n) is 9.50. The van der Waals surface area contributed by atoms with Crippen molar-refractivity contribution in [3.8, 4) is 0 Å². The summed E-state index contributed by atoms with van der Waals surface area (Å²) >= 11 is 0. The van der Waals surface area contributed by atoms with E-state index in [0.717, 1.165) is 11.3 Å². The molecule has 1 aromatic heterocycles. The Hall–Kier alpha value is -1.87. The molecule has 0 aliphatic heterocycles. The first kappa shape index (κ1) is 13.2. The van der Waals surface area contributed by atoms with Gasteiger partial charge >= 0.3 is 0 Å². The normalized spacial score (nSPS) is 9.94. The summed E-state index contributed by atoms with van der Waals surface area (Å²) in [5, 5.41) is 4.13. The van der Waals surface area contributed by atoms with Gasteiger partial charge in [-0.3, -0.25) is 10.4 Å². The fourth-order valence-corrected chi connectivity index (χ4v) is 1.26. The summed E-state index contributed by atoms with van der Waals surface area (Å²) in [6.07, 6.45) is 5.25. The molecule has 3 nitrogen and oxygen atoms in total. The topological polar surface area (TPSA) is 37.3 Å². The van der Waals surface area contributed by atoms with Gasteiger partial charge in [-0.05, 0) is 25.1 Å². The lowest BCUT2D eigenvalue weighted by atomic mass is 10.2. The maximum Gasteiger partial charge on any atom is 0.0561 e. The van der Waals surface area contributed by atoms with Crippen molar-refractivity contribution in [2.45, 2.75) is 6.92 Å². The second kappa shape index (κ2) is 6.66. The fourth-order valence-electron chi connectivity index (χ4n) is 1.26. The summed E-state index contributed by atoms with van der Waals surface area (Å²) in [4.78, 5) is 4.00. The molecule has 0 bridgehead atoms. The van der Waals surface area contributed by atoms with Gasteiger partial charge in [-0.15, -0.1) is 12.4 Å². The van der Waals surface area contributed by atoms with Gasteiger partial charge in [0.05, 0.1) is 11.9 Å². The van der Waals surface area contributed by atoms with Crippen molar-refractivity contribution in [2.75, 3.05) is 5.43 Å². The molecule has 0 unspecified atom stereocenters. The molecule has 0 amide bonds. The molecule has 0 saturated heterocycles. The van der Waals surface area contributed by atoms with Gasteiger partial charge in [-0.1, -0.05) is 23.8 Å². The number of benzene rings is 1. The second-order valence-corrected chi connectivity index (χ2v) is 3.52. The molecule has 0 aliphatic carbocycles. The van der Waals surface area contributed by atoms with E-state index in [0.29, 0.717) is 0 Å². The van der Waals surface area contributed by atoms with Gasteiger partial charge in [0.15, 0.2) is 0 Å². The lowest BCUT2D eigenvalue weighted by Crippen LogP contribution is -1.90. The number of hydrogen-bond donors (Lipinski definition) is 1. The van der Waals surface area contributed by atoms with Gasteiger partial charge in [0.2, 0.25) is 0 Å². The fraction of sp³-hybridized carbons (Fsp3) is 0.0769. The summed E-state index contributed by atoms with van der Waals surface area (Å²) in [5.74, 6) is 0. The molecular weight excluding hydrogens is 234 g/mol. The van der Waals surface area contributed by atoms with Crippen molar-refractivity contribution >= 4 is 24.3 Å². The summed E-state index contributed by atoms with van der Waals surface area (Å²) in [6, 6.07) is 11.9. The number of aromatic nitrogens is 1. The SMILES string of the molecule is Cc1ccc(NN=Cc2cccnc2)cc1.Cl. The Balaban J connectivity index is 0.00000144. The number of aryl methyl sites for hydroxylation is 1. The quantitative estimate of drug-likeness (QED) is 0.668. The number of nitrogens with one attached hydrogen (secondary N) is 1. The number of hydrogen-bond acceptors (Lipinski definition) is 3. The second-order valence-electron chi connectivity index (χ2n) is 3.52. The van der Waals surface area contributed by atoms with E-state index in [2.05, 4.69) is 22.4 Å². The van der Waals surface area contributed by atoms with Crippen LogP contribution in [0.4, 0.5) is 5.69 Å². The van der Waals surface area contributed by atoms with Crippen LogP contribution < -0.4 is 5.43 Å². The van der Waals surface area contributed by atoms with E-state index in [-0.39, 0.29) is 12.4 Å². The highest BCUT2D eigenvalue weighted by molar-refractivity contribution is 5.85. The Morgan fingerprint density at radius 1 is 1.18 bits per heavy atom. The van der Waals surface area contributed by atoms with Crippen LogP contribution in [-0.4, -0.2) is 11.2 Å². The standard InChI is InChI=1S/C13H13N3.ClH/c1-11-4-6-13(7-5-11)16-15-10-12-3-2-8-14-9-12;/h2-10,16H,1H3;1H. The van der Waals surface area contributed by atoms with Crippen LogP contribution in [0.2, 0.25) is 0 Å². The van der Waals surface area contributed by atoms with Crippen LogP contribution in [0.3, 0.4) is 0 Å². The first-order chi connectivity index (χ1) is 7.84. The molecule has 0 fully saturated rings. The van der Waals surface area contributed by atoms with Crippen LogP contribution >= 0.6 is 12.4 Å². The summed E-state index contributed by atoms with van der Waals surface area (Å²) < 4.78 is 0. The Labute approximate surface area is 107 Å². The van der Waals surface area contributed by atoms with Crippen LogP contribution in [0.5, 0.6) is 0 Å². The predicted molar refractivity (Wildman–Crippen MR) is 73.9 cm³/mol. The largest absolute Gasteiger partial charge is 0.279 e. The number of halogens is 1. The summed E-state index contributed by atoms with van der Waals surface area (Å²) in [5.41, 5.74) is 6.15. The van der Waals surface area contributed by atoms with Crippen LogP contribution in [0.1, 0.15) is 11.1 Å². The van der Waals surface area contributed by atoms with Gasteiger partial charge in [-0.2, -0.15) is 5.10 Å². The molecule has 0 saturated carbocycles. The first-order valence-electron chi connectivity index (χ1n) is 5.10. The minimum atomic E-state index is 0. The van der Waals surface area contributed by atoms with Gasteiger partial charge < -0.3 is 0 Å². The van der Waals surface area contributed by atoms with E-state index in [1.165, 1.54) is 5.56 Å².